The molecule has 1 aliphatic rings. The number of rotatable bonds is 3. The molecule has 1 aliphatic heterocycles. The molecule has 0 aromatic heterocycles. The number of benzene rings is 1. The molecule has 5 nitrogen and oxygen atoms in total. The third-order valence-electron chi connectivity index (χ3n) is 3.90. The van der Waals surface area contributed by atoms with E-state index in [1.165, 1.54) is 17.8 Å². The number of halogens is 1. The van der Waals surface area contributed by atoms with E-state index in [0.29, 0.717) is 12.0 Å². The van der Waals surface area contributed by atoms with E-state index >= 15 is 0 Å². The number of nitrogens with zero attached hydrogens (tertiary/aromatic N) is 1. The topological polar surface area (TPSA) is 74.7 Å². The van der Waals surface area contributed by atoms with E-state index in [0.717, 1.165) is 14.5 Å². The fourth-order valence-electron chi connectivity index (χ4n) is 2.82. The molecule has 0 unspecified atom stereocenters. The summed E-state index contributed by atoms with van der Waals surface area (Å²) >= 11 is 4.82. The number of thioether (sulfide) groups is 1. The summed E-state index contributed by atoms with van der Waals surface area (Å²) in [6.07, 6.45) is 0.632. The summed E-state index contributed by atoms with van der Waals surface area (Å²) in [4.78, 5) is 12.0. The number of aliphatic carboxylic acids is 1. The van der Waals surface area contributed by atoms with Crippen LogP contribution in [0.4, 0.5) is 0 Å². The third kappa shape index (κ3) is 3.75. The Morgan fingerprint density at radius 1 is 1.43 bits per heavy atom. The van der Waals surface area contributed by atoms with E-state index in [2.05, 4.69) is 15.9 Å². The van der Waals surface area contributed by atoms with Crippen LogP contribution in [0.25, 0.3) is 0 Å². The Balaban J connectivity index is 2.57. The van der Waals surface area contributed by atoms with Gasteiger partial charge in [-0.3, -0.25) is 4.79 Å². The fraction of sp³-hybridized carbons (Fsp3) is 0.533. The zero-order chi connectivity index (χ0) is 17.4. The van der Waals surface area contributed by atoms with Crippen molar-refractivity contribution in [3.05, 3.63) is 28.2 Å². The molecular weight excluding hydrogens is 402 g/mol. The van der Waals surface area contributed by atoms with Crippen LogP contribution in [0.5, 0.6) is 0 Å². The minimum atomic E-state index is -3.88. The van der Waals surface area contributed by atoms with E-state index in [9.17, 15) is 18.3 Å². The molecule has 0 aliphatic carbocycles. The SMILES string of the molecule is Cc1cc(Br)ccc1S(=O)(=O)N1CCCSC(C)(C)[C@@H]1C(=O)O. The van der Waals surface area contributed by atoms with E-state index in [1.807, 2.05) is 0 Å². The molecule has 0 radical (unpaired) electrons. The van der Waals surface area contributed by atoms with Crippen LogP contribution in [0.1, 0.15) is 25.8 Å². The lowest BCUT2D eigenvalue weighted by atomic mass is 10.0. The summed E-state index contributed by atoms with van der Waals surface area (Å²) < 4.78 is 27.5. The highest BCUT2D eigenvalue weighted by molar-refractivity contribution is 9.10. The number of sulfonamides is 1. The van der Waals surface area contributed by atoms with Crippen molar-refractivity contribution in [2.45, 2.75) is 42.9 Å². The van der Waals surface area contributed by atoms with Gasteiger partial charge in [0, 0.05) is 15.8 Å². The van der Waals surface area contributed by atoms with Gasteiger partial charge >= 0.3 is 5.97 Å². The maximum atomic E-state index is 13.1. The summed E-state index contributed by atoms with van der Waals surface area (Å²) in [5, 5.41) is 9.67. The van der Waals surface area contributed by atoms with Gasteiger partial charge in [0.1, 0.15) is 6.04 Å². The first-order chi connectivity index (χ1) is 10.6. The predicted octanol–water partition coefficient (Wildman–Crippen LogP) is 3.12. The highest BCUT2D eigenvalue weighted by Gasteiger charge is 2.47. The zero-order valence-corrected chi connectivity index (χ0v) is 16.5. The van der Waals surface area contributed by atoms with Gasteiger partial charge in [-0.2, -0.15) is 16.1 Å². The summed E-state index contributed by atoms with van der Waals surface area (Å²) in [6, 6.07) is 3.81. The van der Waals surface area contributed by atoms with Crippen LogP contribution in [0.3, 0.4) is 0 Å². The summed E-state index contributed by atoms with van der Waals surface area (Å²) in [6.45, 7) is 5.51. The number of carboxylic acids is 1. The van der Waals surface area contributed by atoms with Crippen molar-refractivity contribution in [3.8, 4) is 0 Å². The van der Waals surface area contributed by atoms with E-state index < -0.39 is 26.8 Å². The van der Waals surface area contributed by atoms with Crippen molar-refractivity contribution in [1.29, 1.82) is 0 Å². The lowest BCUT2D eigenvalue weighted by Gasteiger charge is -2.35. The molecule has 8 heteroatoms. The predicted molar refractivity (Wildman–Crippen MR) is 95.3 cm³/mol. The molecule has 1 saturated heterocycles. The van der Waals surface area contributed by atoms with Gasteiger partial charge in [0.05, 0.1) is 4.90 Å². The molecule has 0 amide bonds. The van der Waals surface area contributed by atoms with Gasteiger partial charge in [0.15, 0.2) is 0 Å². The Kier molecular flexibility index (Phi) is 5.50. The second-order valence-corrected chi connectivity index (χ2v) is 10.6. The lowest BCUT2D eigenvalue weighted by molar-refractivity contribution is -0.142. The standard InChI is InChI=1S/C15H20BrNO4S2/c1-10-9-11(16)5-6-12(10)23(20,21)17-7-4-8-22-15(2,3)13(17)14(18)19/h5-6,9,13H,4,7-8H2,1-3H3,(H,18,19)/t13-/m0/s1. The molecule has 0 saturated carbocycles. The number of carbonyl (C=O) groups is 1. The van der Waals surface area contributed by atoms with Crippen LogP contribution >= 0.6 is 27.7 Å². The van der Waals surface area contributed by atoms with Gasteiger partial charge in [-0.25, -0.2) is 8.42 Å². The average Bonchev–Trinajstić information content (AvgIpc) is 2.56. The minimum absolute atomic E-state index is 0.162. The van der Waals surface area contributed by atoms with Gasteiger partial charge in [-0.15, -0.1) is 0 Å². The van der Waals surface area contributed by atoms with E-state index in [-0.39, 0.29) is 11.4 Å². The third-order valence-corrected chi connectivity index (χ3v) is 7.88. The Bertz CT molecular complexity index is 718. The van der Waals surface area contributed by atoms with E-state index in [4.69, 9.17) is 0 Å². The van der Waals surface area contributed by atoms with Gasteiger partial charge < -0.3 is 5.11 Å². The van der Waals surface area contributed by atoms with Crippen LogP contribution in [0.15, 0.2) is 27.6 Å². The molecule has 1 aromatic rings. The largest absolute Gasteiger partial charge is 0.480 e. The number of carboxylic acid groups (broad SMARTS) is 1. The Labute approximate surface area is 149 Å². The first-order valence-corrected chi connectivity index (χ1v) is 10.4. The molecule has 1 N–H and O–H groups in total. The monoisotopic (exact) mass is 421 g/mol. The molecule has 0 bridgehead atoms. The van der Waals surface area contributed by atoms with Crippen molar-refractivity contribution in [3.63, 3.8) is 0 Å². The highest BCUT2D eigenvalue weighted by Crippen LogP contribution is 2.38. The molecular formula is C15H20BrNO4S2. The molecule has 128 valence electrons. The van der Waals surface area contributed by atoms with Crippen LogP contribution in [0, 0.1) is 6.92 Å². The first kappa shape index (κ1) is 18.8. The maximum absolute atomic E-state index is 13.1. The molecule has 1 atom stereocenters. The average molecular weight is 422 g/mol. The fourth-order valence-corrected chi connectivity index (χ4v) is 6.51. The van der Waals surface area contributed by atoms with Gasteiger partial charge in [0.25, 0.3) is 0 Å². The van der Waals surface area contributed by atoms with Crippen molar-refractivity contribution < 1.29 is 18.3 Å². The first-order valence-electron chi connectivity index (χ1n) is 7.22. The highest BCUT2D eigenvalue weighted by atomic mass is 79.9. The van der Waals surface area contributed by atoms with Crippen LogP contribution in [0.2, 0.25) is 0 Å². The van der Waals surface area contributed by atoms with Crippen molar-refractivity contribution >= 4 is 43.7 Å². The molecule has 23 heavy (non-hydrogen) atoms. The number of aryl methyl sites for hydroxylation is 1. The number of hydrogen-bond donors (Lipinski definition) is 1. The Hall–Kier alpha value is -0.570. The lowest BCUT2D eigenvalue weighted by Crippen LogP contribution is -2.54. The Morgan fingerprint density at radius 3 is 2.65 bits per heavy atom. The van der Waals surface area contributed by atoms with Gasteiger partial charge in [0.2, 0.25) is 10.0 Å². The minimum Gasteiger partial charge on any atom is -0.480 e. The molecule has 2 rings (SSSR count). The number of hydrogen-bond acceptors (Lipinski definition) is 4. The second-order valence-electron chi connectivity index (χ2n) is 6.07. The second kappa shape index (κ2) is 6.74. The van der Waals surface area contributed by atoms with Crippen LogP contribution in [-0.2, 0) is 14.8 Å². The molecule has 1 heterocycles. The van der Waals surface area contributed by atoms with Gasteiger partial charge in [-0.05, 0) is 56.7 Å². The van der Waals surface area contributed by atoms with Crippen LogP contribution < -0.4 is 0 Å². The zero-order valence-electron chi connectivity index (χ0n) is 13.2. The molecule has 1 aromatic carbocycles. The van der Waals surface area contributed by atoms with Crippen molar-refractivity contribution in [1.82, 2.24) is 4.31 Å². The van der Waals surface area contributed by atoms with Crippen LogP contribution in [-0.4, -0.2) is 46.9 Å². The summed E-state index contributed by atoms with van der Waals surface area (Å²) in [5.41, 5.74) is 0.596. The van der Waals surface area contributed by atoms with Gasteiger partial charge in [-0.1, -0.05) is 15.9 Å². The van der Waals surface area contributed by atoms with Crippen molar-refractivity contribution in [2.75, 3.05) is 12.3 Å². The molecule has 1 fully saturated rings. The summed E-state index contributed by atoms with van der Waals surface area (Å²) in [7, 11) is -3.88. The quantitative estimate of drug-likeness (QED) is 0.810. The normalized spacial score (nSPS) is 22.5. The maximum Gasteiger partial charge on any atom is 0.323 e. The van der Waals surface area contributed by atoms with Crippen molar-refractivity contribution in [2.24, 2.45) is 0 Å². The summed E-state index contributed by atoms with van der Waals surface area (Å²) in [5.74, 6) is -0.370. The van der Waals surface area contributed by atoms with E-state index in [1.54, 1.807) is 32.9 Å². The Morgan fingerprint density at radius 2 is 2.09 bits per heavy atom. The smallest absolute Gasteiger partial charge is 0.323 e. The molecule has 0 spiro atoms.